The number of hydrogen-bond acceptors (Lipinski definition) is 5. The number of piperidine rings is 1. The summed E-state index contributed by atoms with van der Waals surface area (Å²) in [6.45, 7) is 5.15. The van der Waals surface area contributed by atoms with Gasteiger partial charge in [0.05, 0.1) is 6.42 Å². The van der Waals surface area contributed by atoms with Crippen LogP contribution in [0.4, 0.5) is 4.79 Å². The van der Waals surface area contributed by atoms with Crippen LogP contribution in [0.2, 0.25) is 0 Å². The molecule has 35 heavy (non-hydrogen) atoms. The third-order valence-electron chi connectivity index (χ3n) is 6.14. The predicted octanol–water partition coefficient (Wildman–Crippen LogP) is 4.90. The van der Waals surface area contributed by atoms with Crippen LogP contribution in [0.15, 0.2) is 66.9 Å². The lowest BCUT2D eigenvalue weighted by atomic mass is 9.96. The van der Waals surface area contributed by atoms with Crippen molar-refractivity contribution in [3.05, 3.63) is 89.2 Å². The highest BCUT2D eigenvalue weighted by molar-refractivity contribution is 5.71. The molecule has 2 aromatic carbocycles. The van der Waals surface area contributed by atoms with E-state index in [1.165, 1.54) is 0 Å². The highest BCUT2D eigenvalue weighted by atomic mass is 16.6. The minimum absolute atomic E-state index is 0.0101. The van der Waals surface area contributed by atoms with E-state index >= 15 is 0 Å². The van der Waals surface area contributed by atoms with Crippen molar-refractivity contribution in [2.45, 2.75) is 39.2 Å². The first-order chi connectivity index (χ1) is 16.9. The van der Waals surface area contributed by atoms with E-state index in [0.29, 0.717) is 31.0 Å². The fourth-order valence-electron chi connectivity index (χ4n) is 4.15. The van der Waals surface area contributed by atoms with E-state index in [9.17, 15) is 9.59 Å². The smallest absolute Gasteiger partial charge is 0.415 e. The maximum absolute atomic E-state index is 12.7. The van der Waals surface area contributed by atoms with Gasteiger partial charge in [-0.1, -0.05) is 37.3 Å². The monoisotopic (exact) mass is 474 g/mol. The molecule has 1 aliphatic heterocycles. The van der Waals surface area contributed by atoms with Gasteiger partial charge >= 0.3 is 12.1 Å². The van der Waals surface area contributed by atoms with E-state index in [1.54, 1.807) is 29.2 Å². The fraction of sp³-hybridized carbons (Fsp3) is 0.321. The van der Waals surface area contributed by atoms with Gasteiger partial charge in [0.2, 0.25) is 0 Å². The highest BCUT2D eigenvalue weighted by Gasteiger charge is 2.31. The van der Waals surface area contributed by atoms with Gasteiger partial charge in [0.15, 0.2) is 0 Å². The molecule has 0 saturated carbocycles. The summed E-state index contributed by atoms with van der Waals surface area (Å²) in [6.07, 6.45) is 2.88. The molecule has 3 aromatic rings. The molecule has 2 unspecified atom stereocenters. The van der Waals surface area contributed by atoms with Gasteiger partial charge in [-0.25, -0.2) is 4.79 Å². The van der Waals surface area contributed by atoms with Crippen molar-refractivity contribution in [3.63, 3.8) is 0 Å². The zero-order valence-corrected chi connectivity index (χ0v) is 20.0. The number of carboxylic acid groups (broad SMARTS) is 1. The number of likely N-dealkylation sites (tertiary alicyclic amines) is 1. The van der Waals surface area contributed by atoms with Gasteiger partial charge in [0.25, 0.3) is 0 Å². The summed E-state index contributed by atoms with van der Waals surface area (Å²) in [4.78, 5) is 29.7. The molecule has 7 nitrogen and oxygen atoms in total. The van der Waals surface area contributed by atoms with Crippen LogP contribution in [0, 0.1) is 12.8 Å². The molecule has 2 atom stereocenters. The van der Waals surface area contributed by atoms with E-state index in [2.05, 4.69) is 11.9 Å². The van der Waals surface area contributed by atoms with Crippen molar-refractivity contribution in [1.82, 2.24) is 9.88 Å². The molecule has 0 bridgehead atoms. The molecule has 1 N–H and O–H groups in total. The molecule has 1 fully saturated rings. The van der Waals surface area contributed by atoms with Crippen LogP contribution >= 0.6 is 0 Å². The Hall–Kier alpha value is -3.87. The lowest BCUT2D eigenvalue weighted by Gasteiger charge is -2.36. The molecule has 0 spiro atoms. The Bertz CT molecular complexity index is 1140. The van der Waals surface area contributed by atoms with E-state index in [4.69, 9.17) is 14.6 Å². The van der Waals surface area contributed by atoms with Crippen molar-refractivity contribution < 1.29 is 24.2 Å². The summed E-state index contributed by atoms with van der Waals surface area (Å²) in [6, 6.07) is 18.7. The van der Waals surface area contributed by atoms with Gasteiger partial charge in [-0.2, -0.15) is 0 Å². The average Bonchev–Trinajstić information content (AvgIpc) is 2.84. The maximum atomic E-state index is 12.7. The molecule has 4 rings (SSSR count). The second-order valence-electron chi connectivity index (χ2n) is 9.10. The van der Waals surface area contributed by atoms with Crippen molar-refractivity contribution in [2.24, 2.45) is 5.92 Å². The normalized spacial score (nSPS) is 17.6. The Balaban J connectivity index is 1.26. The van der Waals surface area contributed by atoms with Crippen LogP contribution in [0.3, 0.4) is 0 Å². The summed E-state index contributed by atoms with van der Waals surface area (Å²) >= 11 is 0. The first-order valence-corrected chi connectivity index (χ1v) is 11.8. The Kier molecular flexibility index (Phi) is 7.65. The number of rotatable bonds is 7. The van der Waals surface area contributed by atoms with Crippen LogP contribution < -0.4 is 9.47 Å². The predicted molar refractivity (Wildman–Crippen MR) is 132 cm³/mol. The molecular formula is C28H30N2O5. The van der Waals surface area contributed by atoms with Crippen LogP contribution in [0.5, 0.6) is 11.5 Å². The van der Waals surface area contributed by atoms with E-state index < -0.39 is 5.97 Å². The number of carbonyl (C=O) groups is 2. The van der Waals surface area contributed by atoms with Gasteiger partial charge in [-0.05, 0) is 53.9 Å². The van der Waals surface area contributed by atoms with E-state index in [0.717, 1.165) is 28.8 Å². The van der Waals surface area contributed by atoms with Crippen molar-refractivity contribution in [2.75, 3.05) is 13.1 Å². The first-order valence-electron chi connectivity index (χ1n) is 11.8. The molecule has 1 saturated heterocycles. The van der Waals surface area contributed by atoms with Crippen molar-refractivity contribution in [1.29, 1.82) is 0 Å². The number of carboxylic acids is 1. The Labute approximate surface area is 205 Å². The third-order valence-corrected chi connectivity index (χ3v) is 6.14. The van der Waals surface area contributed by atoms with Gasteiger partial charge in [-0.15, -0.1) is 0 Å². The molecule has 0 radical (unpaired) electrons. The number of aromatic nitrogens is 1. The van der Waals surface area contributed by atoms with Gasteiger partial charge in [-0.3, -0.25) is 9.78 Å². The molecule has 1 aromatic heterocycles. The number of carbonyl (C=O) groups excluding carboxylic acids is 1. The number of nitrogens with zero attached hydrogens (tertiary/aromatic N) is 2. The number of ether oxygens (including phenoxy) is 2. The van der Waals surface area contributed by atoms with Gasteiger partial charge in [0.1, 0.15) is 17.6 Å². The summed E-state index contributed by atoms with van der Waals surface area (Å²) < 4.78 is 11.7. The summed E-state index contributed by atoms with van der Waals surface area (Å²) in [5.74, 6) is 0.484. The van der Waals surface area contributed by atoms with Crippen LogP contribution in [0.1, 0.15) is 35.7 Å². The standard InChI is InChI=1S/C28H30N2O5/c1-19-3-8-23(29-17-19)15-21-4-11-25(12-5-21)35-28(33)30-14-13-26(20(2)18-30)34-24-9-6-22(7-10-24)16-27(31)32/h3-12,17,20,26H,13-16,18H2,1-2H3,(H,31,32). The van der Waals surface area contributed by atoms with Gasteiger partial charge in [0, 0.05) is 43.7 Å². The molecule has 7 heteroatoms. The minimum atomic E-state index is -0.859. The quantitative estimate of drug-likeness (QED) is 0.524. The van der Waals surface area contributed by atoms with E-state index in [-0.39, 0.29) is 24.5 Å². The second kappa shape index (κ2) is 11.0. The van der Waals surface area contributed by atoms with Crippen molar-refractivity contribution in [3.8, 4) is 11.5 Å². The van der Waals surface area contributed by atoms with Crippen LogP contribution in [-0.4, -0.2) is 46.2 Å². The Morgan fingerprint density at radius 1 is 1.00 bits per heavy atom. The van der Waals surface area contributed by atoms with E-state index in [1.807, 2.05) is 49.5 Å². The number of aliphatic carboxylic acids is 1. The topological polar surface area (TPSA) is 89.0 Å². The third kappa shape index (κ3) is 6.82. The Morgan fingerprint density at radius 3 is 2.31 bits per heavy atom. The van der Waals surface area contributed by atoms with Gasteiger partial charge < -0.3 is 19.5 Å². The average molecular weight is 475 g/mol. The summed E-state index contributed by atoms with van der Waals surface area (Å²) in [5.41, 5.74) is 3.96. The lowest BCUT2D eigenvalue weighted by molar-refractivity contribution is -0.136. The fourth-order valence-corrected chi connectivity index (χ4v) is 4.15. The molecule has 1 amide bonds. The molecule has 0 aliphatic carbocycles. The number of aryl methyl sites for hydroxylation is 1. The zero-order valence-electron chi connectivity index (χ0n) is 20.0. The van der Waals surface area contributed by atoms with Crippen LogP contribution in [0.25, 0.3) is 0 Å². The second-order valence-corrected chi connectivity index (χ2v) is 9.10. The number of benzene rings is 2. The zero-order chi connectivity index (χ0) is 24.8. The lowest BCUT2D eigenvalue weighted by Crippen LogP contribution is -2.47. The maximum Gasteiger partial charge on any atom is 0.415 e. The number of hydrogen-bond donors (Lipinski definition) is 1. The minimum Gasteiger partial charge on any atom is -0.490 e. The molecule has 182 valence electrons. The first kappa shape index (κ1) is 24.3. The molecule has 2 heterocycles. The summed E-state index contributed by atoms with van der Waals surface area (Å²) in [5, 5.41) is 8.89. The Morgan fingerprint density at radius 2 is 1.69 bits per heavy atom. The number of pyridine rings is 1. The largest absolute Gasteiger partial charge is 0.490 e. The van der Waals surface area contributed by atoms with Crippen molar-refractivity contribution >= 4 is 12.1 Å². The molecule has 1 aliphatic rings. The SMILES string of the molecule is Cc1ccc(Cc2ccc(OC(=O)N3CCC(Oc4ccc(CC(=O)O)cc4)C(C)C3)cc2)nc1. The highest BCUT2D eigenvalue weighted by Crippen LogP contribution is 2.25. The number of amides is 1. The van der Waals surface area contributed by atoms with Crippen LogP contribution in [-0.2, 0) is 17.6 Å². The molecular weight excluding hydrogens is 444 g/mol. The summed E-state index contributed by atoms with van der Waals surface area (Å²) in [7, 11) is 0.